The predicted octanol–water partition coefficient (Wildman–Crippen LogP) is 1.25. The van der Waals surface area contributed by atoms with Gasteiger partial charge in [-0.1, -0.05) is 24.0 Å². The van der Waals surface area contributed by atoms with Crippen molar-refractivity contribution in [3.8, 4) is 11.8 Å². The average Bonchev–Trinajstić information content (AvgIpc) is 2.67. The molecule has 1 aliphatic rings. The second-order valence-corrected chi connectivity index (χ2v) is 4.40. The number of rotatable bonds is 2. The first-order valence-corrected chi connectivity index (χ1v) is 6.37. The maximum absolute atomic E-state index is 8.63. The topological polar surface area (TPSA) is 32.7 Å². The van der Waals surface area contributed by atoms with E-state index in [1.54, 1.807) is 0 Å². The summed E-state index contributed by atoms with van der Waals surface area (Å²) in [6.45, 7) is 4.71. The number of benzene rings is 1. The summed E-state index contributed by atoms with van der Waals surface area (Å²) in [4.78, 5) is 2.42. The molecule has 0 spiro atoms. The van der Waals surface area contributed by atoms with Gasteiger partial charge in [0.05, 0.1) is 6.61 Å². The van der Waals surface area contributed by atoms with Gasteiger partial charge in [-0.3, -0.25) is 4.90 Å². The van der Waals surface area contributed by atoms with Gasteiger partial charge in [-0.25, -0.2) is 0 Å². The van der Waals surface area contributed by atoms with E-state index < -0.39 is 0 Å². The summed E-state index contributed by atoms with van der Waals surface area (Å²) in [6.07, 6.45) is 1.11. The van der Waals surface area contributed by atoms with Gasteiger partial charge in [-0.15, -0.1) is 0 Å². The number of hydrogen-bond acceptors (Lipinski definition) is 3. The van der Waals surface area contributed by atoms with Crippen LogP contribution in [-0.2, 0) is 11.3 Å². The van der Waals surface area contributed by atoms with Crippen molar-refractivity contribution < 1.29 is 9.84 Å². The molecule has 0 unspecified atom stereocenters. The van der Waals surface area contributed by atoms with Crippen LogP contribution in [0.1, 0.15) is 17.5 Å². The van der Waals surface area contributed by atoms with E-state index in [-0.39, 0.29) is 6.61 Å². The normalized spacial score (nSPS) is 16.7. The van der Waals surface area contributed by atoms with Crippen LogP contribution in [-0.4, -0.2) is 42.9 Å². The molecule has 0 saturated carbocycles. The summed E-state index contributed by atoms with van der Waals surface area (Å²) < 4.78 is 5.44. The molecule has 0 amide bonds. The smallest absolute Gasteiger partial charge is 0.104 e. The number of nitrogens with zero attached hydrogens (tertiary/aromatic N) is 1. The van der Waals surface area contributed by atoms with E-state index in [1.807, 2.05) is 12.1 Å². The van der Waals surface area contributed by atoms with Crippen molar-refractivity contribution >= 4 is 0 Å². The summed E-state index contributed by atoms with van der Waals surface area (Å²) >= 11 is 0. The lowest BCUT2D eigenvalue weighted by Crippen LogP contribution is -2.25. The Hall–Kier alpha value is -1.34. The molecular formula is C15H19NO2. The molecule has 3 heteroatoms. The van der Waals surface area contributed by atoms with Gasteiger partial charge in [0.15, 0.2) is 0 Å². The van der Waals surface area contributed by atoms with Gasteiger partial charge in [-0.05, 0) is 24.1 Å². The number of aliphatic hydroxyl groups is 1. The van der Waals surface area contributed by atoms with Crippen LogP contribution in [0.25, 0.3) is 0 Å². The third-order valence-electron chi connectivity index (χ3n) is 2.99. The Morgan fingerprint density at radius 2 is 2.00 bits per heavy atom. The van der Waals surface area contributed by atoms with Crippen LogP contribution in [0.15, 0.2) is 24.3 Å². The zero-order valence-corrected chi connectivity index (χ0v) is 10.6. The predicted molar refractivity (Wildman–Crippen MR) is 71.1 cm³/mol. The summed E-state index contributed by atoms with van der Waals surface area (Å²) in [5.41, 5.74) is 2.25. The van der Waals surface area contributed by atoms with Crippen molar-refractivity contribution in [1.82, 2.24) is 4.90 Å². The zero-order chi connectivity index (χ0) is 12.6. The van der Waals surface area contributed by atoms with Crippen LogP contribution < -0.4 is 0 Å². The van der Waals surface area contributed by atoms with Crippen LogP contribution in [0, 0.1) is 11.8 Å². The molecule has 1 aromatic carbocycles. The molecule has 1 N–H and O–H groups in total. The molecule has 0 radical (unpaired) electrons. The molecule has 1 aliphatic heterocycles. The molecule has 96 valence electrons. The van der Waals surface area contributed by atoms with Gasteiger partial charge in [-0.2, -0.15) is 0 Å². The van der Waals surface area contributed by atoms with E-state index in [4.69, 9.17) is 9.84 Å². The monoisotopic (exact) mass is 245 g/mol. The first kappa shape index (κ1) is 13.1. The first-order valence-electron chi connectivity index (χ1n) is 6.37. The van der Waals surface area contributed by atoms with Crippen LogP contribution in [0.5, 0.6) is 0 Å². The van der Waals surface area contributed by atoms with Crippen molar-refractivity contribution in [3.63, 3.8) is 0 Å². The molecule has 0 bridgehead atoms. The van der Waals surface area contributed by atoms with Gasteiger partial charge < -0.3 is 9.84 Å². The van der Waals surface area contributed by atoms with Crippen molar-refractivity contribution in [2.75, 3.05) is 32.9 Å². The van der Waals surface area contributed by atoms with Gasteiger partial charge in [0.1, 0.15) is 6.61 Å². The standard InChI is InChI=1S/C15H19NO2/c17-10-1-3-14-4-6-15(7-5-14)13-16-8-2-11-18-12-9-16/h4-7,17H,2,8-13H2. The molecule has 0 aromatic heterocycles. The van der Waals surface area contributed by atoms with E-state index in [0.29, 0.717) is 0 Å². The van der Waals surface area contributed by atoms with E-state index >= 15 is 0 Å². The molecule has 0 atom stereocenters. The van der Waals surface area contributed by atoms with Gasteiger partial charge >= 0.3 is 0 Å². The Kier molecular flexibility index (Phi) is 5.22. The largest absolute Gasteiger partial charge is 0.384 e. The Morgan fingerprint density at radius 3 is 2.78 bits per heavy atom. The van der Waals surface area contributed by atoms with Crippen LogP contribution >= 0.6 is 0 Å². The minimum absolute atomic E-state index is 0.0878. The Bertz CT molecular complexity index is 408. The highest BCUT2D eigenvalue weighted by Crippen LogP contribution is 2.09. The molecule has 1 fully saturated rings. The first-order chi connectivity index (χ1) is 8.88. The highest BCUT2D eigenvalue weighted by atomic mass is 16.5. The summed E-state index contributed by atoms with van der Waals surface area (Å²) in [6, 6.07) is 8.22. The van der Waals surface area contributed by atoms with Crippen molar-refractivity contribution in [2.24, 2.45) is 0 Å². The third kappa shape index (κ3) is 4.15. The van der Waals surface area contributed by atoms with Crippen LogP contribution in [0.3, 0.4) is 0 Å². The van der Waals surface area contributed by atoms with Crippen LogP contribution in [0.2, 0.25) is 0 Å². The Morgan fingerprint density at radius 1 is 1.17 bits per heavy atom. The number of ether oxygens (including phenoxy) is 1. The summed E-state index contributed by atoms with van der Waals surface area (Å²) in [5.74, 6) is 5.55. The highest BCUT2D eigenvalue weighted by molar-refractivity contribution is 5.36. The maximum atomic E-state index is 8.63. The highest BCUT2D eigenvalue weighted by Gasteiger charge is 2.09. The summed E-state index contributed by atoms with van der Waals surface area (Å²) in [5, 5.41) is 8.63. The minimum atomic E-state index is -0.0878. The fraction of sp³-hybridized carbons (Fsp3) is 0.467. The lowest BCUT2D eigenvalue weighted by Gasteiger charge is -2.18. The van der Waals surface area contributed by atoms with E-state index in [2.05, 4.69) is 28.9 Å². The average molecular weight is 245 g/mol. The minimum Gasteiger partial charge on any atom is -0.384 e. The number of aliphatic hydroxyl groups excluding tert-OH is 1. The number of hydrogen-bond donors (Lipinski definition) is 1. The van der Waals surface area contributed by atoms with Crippen LogP contribution in [0.4, 0.5) is 0 Å². The lowest BCUT2D eigenvalue weighted by atomic mass is 10.1. The molecule has 3 nitrogen and oxygen atoms in total. The van der Waals surface area contributed by atoms with Crippen molar-refractivity contribution in [1.29, 1.82) is 0 Å². The lowest BCUT2D eigenvalue weighted by molar-refractivity contribution is 0.140. The molecule has 2 rings (SSSR count). The summed E-state index contributed by atoms with van der Waals surface area (Å²) in [7, 11) is 0. The molecule has 0 aliphatic carbocycles. The second-order valence-electron chi connectivity index (χ2n) is 4.40. The molecule has 18 heavy (non-hydrogen) atoms. The second kappa shape index (κ2) is 7.17. The SMILES string of the molecule is OCC#Cc1ccc(CN2CCCOCC2)cc1. The molecule has 1 aromatic rings. The Labute approximate surface area is 108 Å². The van der Waals surface area contributed by atoms with Gasteiger partial charge in [0, 0.05) is 31.8 Å². The van der Waals surface area contributed by atoms with E-state index in [9.17, 15) is 0 Å². The fourth-order valence-corrected chi connectivity index (χ4v) is 2.05. The van der Waals surface area contributed by atoms with E-state index in [1.165, 1.54) is 5.56 Å². The molecule has 1 saturated heterocycles. The quantitative estimate of drug-likeness (QED) is 0.796. The maximum Gasteiger partial charge on any atom is 0.104 e. The molecular weight excluding hydrogens is 226 g/mol. The Balaban J connectivity index is 1.92. The molecule has 1 heterocycles. The van der Waals surface area contributed by atoms with Gasteiger partial charge in [0.2, 0.25) is 0 Å². The third-order valence-corrected chi connectivity index (χ3v) is 2.99. The zero-order valence-electron chi connectivity index (χ0n) is 10.6. The fourth-order valence-electron chi connectivity index (χ4n) is 2.05. The van der Waals surface area contributed by atoms with Crippen molar-refractivity contribution in [2.45, 2.75) is 13.0 Å². The van der Waals surface area contributed by atoms with E-state index in [0.717, 1.165) is 44.8 Å². The van der Waals surface area contributed by atoms with Gasteiger partial charge in [0.25, 0.3) is 0 Å². The van der Waals surface area contributed by atoms with Crippen molar-refractivity contribution in [3.05, 3.63) is 35.4 Å².